The standard InChI is InChI=1S/C11H13NO2S/c12-8-10(9-1-6-15-7-9)2-4-11(13,14)5-3-10/h1,6-7,13-14H,2-5H2. The van der Waals surface area contributed by atoms with Crippen molar-refractivity contribution in [3.63, 3.8) is 0 Å². The van der Waals surface area contributed by atoms with Gasteiger partial charge in [-0.1, -0.05) is 0 Å². The molecule has 2 rings (SSSR count). The van der Waals surface area contributed by atoms with E-state index in [1.807, 2.05) is 16.8 Å². The van der Waals surface area contributed by atoms with Gasteiger partial charge in [0, 0.05) is 12.8 Å². The molecule has 1 aliphatic rings. The van der Waals surface area contributed by atoms with Gasteiger partial charge >= 0.3 is 0 Å². The minimum atomic E-state index is -1.57. The number of nitrogens with zero attached hydrogens (tertiary/aromatic N) is 1. The molecule has 80 valence electrons. The Labute approximate surface area is 92.6 Å². The topological polar surface area (TPSA) is 64.2 Å². The van der Waals surface area contributed by atoms with Gasteiger partial charge in [0.05, 0.1) is 11.5 Å². The Kier molecular flexibility index (Phi) is 2.55. The fourth-order valence-corrected chi connectivity index (χ4v) is 2.83. The SMILES string of the molecule is N#CC1(c2ccsc2)CCC(O)(O)CC1. The highest BCUT2D eigenvalue weighted by Crippen LogP contribution is 2.42. The third-order valence-corrected chi connectivity index (χ3v) is 3.88. The van der Waals surface area contributed by atoms with Crippen molar-refractivity contribution in [1.29, 1.82) is 5.26 Å². The smallest absolute Gasteiger partial charge is 0.162 e. The van der Waals surface area contributed by atoms with Crippen LogP contribution in [-0.4, -0.2) is 16.0 Å². The van der Waals surface area contributed by atoms with Crippen LogP contribution in [0, 0.1) is 11.3 Å². The number of hydrogen-bond acceptors (Lipinski definition) is 4. The molecule has 0 atom stereocenters. The first-order chi connectivity index (χ1) is 7.08. The van der Waals surface area contributed by atoms with Crippen molar-refractivity contribution in [1.82, 2.24) is 0 Å². The molecule has 0 unspecified atom stereocenters. The van der Waals surface area contributed by atoms with E-state index in [2.05, 4.69) is 6.07 Å². The summed E-state index contributed by atoms with van der Waals surface area (Å²) in [5, 5.41) is 32.1. The van der Waals surface area contributed by atoms with E-state index < -0.39 is 11.2 Å². The van der Waals surface area contributed by atoms with E-state index in [-0.39, 0.29) is 12.8 Å². The molecule has 0 spiro atoms. The molecule has 0 aromatic carbocycles. The number of rotatable bonds is 1. The molecule has 1 fully saturated rings. The van der Waals surface area contributed by atoms with E-state index in [9.17, 15) is 15.5 Å². The largest absolute Gasteiger partial charge is 0.366 e. The van der Waals surface area contributed by atoms with Crippen molar-refractivity contribution in [3.8, 4) is 6.07 Å². The van der Waals surface area contributed by atoms with Gasteiger partial charge in [-0.15, -0.1) is 0 Å². The average Bonchev–Trinajstić information content (AvgIpc) is 2.72. The first-order valence-corrected chi connectivity index (χ1v) is 5.91. The lowest BCUT2D eigenvalue weighted by atomic mass is 9.69. The Morgan fingerprint density at radius 3 is 2.40 bits per heavy atom. The maximum Gasteiger partial charge on any atom is 0.162 e. The van der Waals surface area contributed by atoms with Crippen LogP contribution in [0.15, 0.2) is 16.8 Å². The average molecular weight is 223 g/mol. The van der Waals surface area contributed by atoms with Gasteiger partial charge in [0.2, 0.25) is 0 Å². The Bertz CT molecular complexity index is 368. The summed E-state index contributed by atoms with van der Waals surface area (Å²) >= 11 is 1.57. The summed E-state index contributed by atoms with van der Waals surface area (Å²) in [6.45, 7) is 0. The Morgan fingerprint density at radius 1 is 1.27 bits per heavy atom. The molecule has 1 aromatic heterocycles. The van der Waals surface area contributed by atoms with Crippen molar-refractivity contribution in [2.75, 3.05) is 0 Å². The predicted octanol–water partition coefficient (Wildman–Crippen LogP) is 1.76. The number of nitriles is 1. The minimum Gasteiger partial charge on any atom is -0.366 e. The van der Waals surface area contributed by atoms with Gasteiger partial charge in [-0.2, -0.15) is 16.6 Å². The molecule has 1 aliphatic carbocycles. The number of aliphatic hydroxyl groups is 2. The molecule has 0 amide bonds. The summed E-state index contributed by atoms with van der Waals surface area (Å²) < 4.78 is 0. The summed E-state index contributed by atoms with van der Waals surface area (Å²) in [6, 6.07) is 4.30. The Hall–Kier alpha value is -0.890. The lowest BCUT2D eigenvalue weighted by Gasteiger charge is -2.36. The zero-order valence-electron chi connectivity index (χ0n) is 8.31. The van der Waals surface area contributed by atoms with Crippen LogP contribution >= 0.6 is 11.3 Å². The fraction of sp³-hybridized carbons (Fsp3) is 0.545. The van der Waals surface area contributed by atoms with Crippen LogP contribution in [0.3, 0.4) is 0 Å². The lowest BCUT2D eigenvalue weighted by Crippen LogP contribution is -2.40. The second-order valence-electron chi connectivity index (χ2n) is 4.19. The van der Waals surface area contributed by atoms with Crippen LogP contribution in [0.1, 0.15) is 31.2 Å². The summed E-state index contributed by atoms with van der Waals surface area (Å²) in [6.07, 6.45) is 1.59. The first-order valence-electron chi connectivity index (χ1n) is 4.97. The van der Waals surface area contributed by atoms with Gasteiger partial charge in [0.15, 0.2) is 5.79 Å². The zero-order valence-corrected chi connectivity index (χ0v) is 9.13. The van der Waals surface area contributed by atoms with E-state index in [0.717, 1.165) is 5.56 Å². The summed E-state index contributed by atoms with van der Waals surface area (Å²) in [5.41, 5.74) is 0.514. The van der Waals surface area contributed by atoms with Gasteiger partial charge in [0.25, 0.3) is 0 Å². The highest BCUT2D eigenvalue weighted by atomic mass is 32.1. The molecule has 0 saturated heterocycles. The second-order valence-corrected chi connectivity index (χ2v) is 4.97. The van der Waals surface area contributed by atoms with E-state index >= 15 is 0 Å². The third kappa shape index (κ3) is 1.91. The van der Waals surface area contributed by atoms with E-state index in [0.29, 0.717) is 12.8 Å². The summed E-state index contributed by atoms with van der Waals surface area (Å²) in [4.78, 5) is 0. The van der Waals surface area contributed by atoms with Crippen LogP contribution in [0.5, 0.6) is 0 Å². The second kappa shape index (κ2) is 3.60. The van der Waals surface area contributed by atoms with Crippen molar-refractivity contribution in [2.24, 2.45) is 0 Å². The summed E-state index contributed by atoms with van der Waals surface area (Å²) in [7, 11) is 0. The predicted molar refractivity (Wildman–Crippen MR) is 57.2 cm³/mol. The molecule has 4 heteroatoms. The molecule has 15 heavy (non-hydrogen) atoms. The van der Waals surface area contributed by atoms with Crippen molar-refractivity contribution in [3.05, 3.63) is 22.4 Å². The van der Waals surface area contributed by atoms with Crippen LogP contribution < -0.4 is 0 Å². The van der Waals surface area contributed by atoms with E-state index in [1.165, 1.54) is 0 Å². The molecule has 1 heterocycles. The Balaban J connectivity index is 2.24. The number of thiophene rings is 1. The molecule has 3 nitrogen and oxygen atoms in total. The van der Waals surface area contributed by atoms with Crippen LogP contribution in [-0.2, 0) is 5.41 Å². The van der Waals surface area contributed by atoms with Gasteiger partial charge < -0.3 is 10.2 Å². The molecule has 1 saturated carbocycles. The monoisotopic (exact) mass is 223 g/mol. The maximum atomic E-state index is 9.45. The molecule has 0 bridgehead atoms. The van der Waals surface area contributed by atoms with Crippen LogP contribution in [0.25, 0.3) is 0 Å². The quantitative estimate of drug-likeness (QED) is 0.713. The van der Waals surface area contributed by atoms with Gasteiger partial charge in [-0.25, -0.2) is 0 Å². The third-order valence-electron chi connectivity index (χ3n) is 3.19. The Morgan fingerprint density at radius 2 is 1.93 bits per heavy atom. The first kappa shape index (κ1) is 10.6. The maximum absolute atomic E-state index is 9.45. The van der Waals surface area contributed by atoms with E-state index in [4.69, 9.17) is 0 Å². The van der Waals surface area contributed by atoms with Crippen molar-refractivity contribution in [2.45, 2.75) is 36.9 Å². The molecule has 2 N–H and O–H groups in total. The molecular formula is C11H13NO2S. The van der Waals surface area contributed by atoms with Gasteiger partial charge in [-0.3, -0.25) is 0 Å². The van der Waals surface area contributed by atoms with Crippen LogP contribution in [0.2, 0.25) is 0 Å². The molecule has 0 radical (unpaired) electrons. The molecular weight excluding hydrogens is 210 g/mol. The van der Waals surface area contributed by atoms with E-state index in [1.54, 1.807) is 11.3 Å². The lowest BCUT2D eigenvalue weighted by molar-refractivity contribution is -0.186. The highest BCUT2D eigenvalue weighted by molar-refractivity contribution is 7.08. The minimum absolute atomic E-state index is 0.274. The van der Waals surface area contributed by atoms with Gasteiger partial charge in [0.1, 0.15) is 0 Å². The normalized spacial score (nSPS) is 23.3. The van der Waals surface area contributed by atoms with Crippen molar-refractivity contribution < 1.29 is 10.2 Å². The fourth-order valence-electron chi connectivity index (χ4n) is 2.08. The van der Waals surface area contributed by atoms with Gasteiger partial charge in [-0.05, 0) is 35.2 Å². The number of hydrogen-bond donors (Lipinski definition) is 2. The van der Waals surface area contributed by atoms with Crippen LogP contribution in [0.4, 0.5) is 0 Å². The highest BCUT2D eigenvalue weighted by Gasteiger charge is 2.42. The van der Waals surface area contributed by atoms with Crippen molar-refractivity contribution >= 4 is 11.3 Å². The summed E-state index contributed by atoms with van der Waals surface area (Å²) in [5.74, 6) is -1.57. The molecule has 1 aromatic rings. The molecule has 0 aliphatic heterocycles. The zero-order chi connectivity index (χ0) is 10.9.